The zero-order chi connectivity index (χ0) is 43.1. The topological polar surface area (TPSA) is 33.6 Å². The second-order valence-corrected chi connectivity index (χ2v) is 15.7. The van der Waals surface area contributed by atoms with Crippen molar-refractivity contribution in [2.45, 2.75) is 26.2 Å². The Bertz CT molecular complexity index is 3300. The fourth-order valence-corrected chi connectivity index (χ4v) is 8.95. The number of hydrogen-bond acceptors (Lipinski definition) is 1. The molecule has 62 heavy (non-hydrogen) atoms. The highest BCUT2D eigenvalue weighted by Crippen LogP contribution is 2.48. The summed E-state index contributed by atoms with van der Waals surface area (Å²) in [5, 5.41) is 13.9. The zero-order valence-electron chi connectivity index (χ0n) is 33.2. The number of nitrogens with zero attached hydrogens (tertiary/aromatic N) is 3. The fourth-order valence-electron chi connectivity index (χ4n) is 8.95. The van der Waals surface area contributed by atoms with Crippen LogP contribution in [0.1, 0.15) is 27.8 Å². The monoisotopic (exact) mass is 825 g/mol. The third-order valence-corrected chi connectivity index (χ3v) is 11.7. The summed E-state index contributed by atoms with van der Waals surface area (Å²) in [4.78, 5) is 0. The van der Waals surface area contributed by atoms with Gasteiger partial charge in [-0.05, 0) is 102 Å². The number of rotatable bonds is 5. The first kappa shape index (κ1) is 38.6. The van der Waals surface area contributed by atoms with Crippen LogP contribution in [-0.4, -0.2) is 9.13 Å². The lowest BCUT2D eigenvalue weighted by Gasteiger charge is -2.24. The molecule has 0 bridgehead atoms. The van der Waals surface area contributed by atoms with Gasteiger partial charge in [-0.25, -0.2) is 0 Å². The summed E-state index contributed by atoms with van der Waals surface area (Å²) in [5.74, 6) is 0. The van der Waals surface area contributed by atoms with E-state index in [0.29, 0.717) is 28.1 Å². The van der Waals surface area contributed by atoms with Crippen LogP contribution in [0.3, 0.4) is 0 Å². The predicted octanol–water partition coefficient (Wildman–Crippen LogP) is 15.4. The molecule has 9 heteroatoms. The Kier molecular flexibility index (Phi) is 8.89. The fraction of sp³-hybridized carbons (Fsp3) is 0.0755. The van der Waals surface area contributed by atoms with Gasteiger partial charge in [0.05, 0.1) is 56.2 Å². The van der Waals surface area contributed by atoms with Gasteiger partial charge in [-0.2, -0.15) is 31.6 Å². The van der Waals surface area contributed by atoms with Crippen LogP contribution >= 0.6 is 0 Å². The molecule has 0 radical (unpaired) electrons. The molecule has 0 amide bonds. The van der Waals surface area contributed by atoms with E-state index in [9.17, 15) is 18.4 Å². The zero-order valence-corrected chi connectivity index (χ0v) is 33.2. The molecule has 0 unspecified atom stereocenters. The van der Waals surface area contributed by atoms with Gasteiger partial charge in [-0.15, -0.1) is 0 Å². The second-order valence-electron chi connectivity index (χ2n) is 15.7. The molecule has 0 atom stereocenters. The van der Waals surface area contributed by atoms with Crippen LogP contribution in [0.25, 0.3) is 88.4 Å². The van der Waals surface area contributed by atoms with E-state index in [1.54, 1.807) is 0 Å². The number of halogens is 6. The van der Waals surface area contributed by atoms with Crippen molar-refractivity contribution >= 4 is 43.6 Å². The molecular formula is C53H33F6N3. The number of nitriles is 1. The molecule has 0 spiro atoms. The van der Waals surface area contributed by atoms with E-state index in [-0.39, 0.29) is 28.6 Å². The average Bonchev–Trinajstić information content (AvgIpc) is 3.77. The molecule has 0 saturated heterocycles. The van der Waals surface area contributed by atoms with Crippen LogP contribution < -0.4 is 0 Å². The van der Waals surface area contributed by atoms with Crippen molar-refractivity contribution in [1.29, 1.82) is 5.26 Å². The largest absolute Gasteiger partial charge is 0.417 e. The quantitative estimate of drug-likeness (QED) is 0.159. The number of para-hydroxylation sites is 2. The van der Waals surface area contributed by atoms with Gasteiger partial charge in [0.2, 0.25) is 0 Å². The Balaban J connectivity index is 1.36. The van der Waals surface area contributed by atoms with Crippen LogP contribution in [0.15, 0.2) is 164 Å². The molecule has 10 rings (SSSR count). The lowest BCUT2D eigenvalue weighted by atomic mass is 9.92. The summed E-state index contributed by atoms with van der Waals surface area (Å²) in [6.07, 6.45) is -10.2. The van der Waals surface area contributed by atoms with E-state index in [1.165, 1.54) is 12.1 Å². The van der Waals surface area contributed by atoms with Crippen molar-refractivity contribution < 1.29 is 26.3 Å². The first-order valence-corrected chi connectivity index (χ1v) is 19.9. The summed E-state index contributed by atoms with van der Waals surface area (Å²) in [7, 11) is 0. The van der Waals surface area contributed by atoms with Gasteiger partial charge in [0.1, 0.15) is 0 Å². The van der Waals surface area contributed by atoms with Gasteiger partial charge in [-0.3, -0.25) is 0 Å². The number of alkyl halides is 6. The summed E-state index contributed by atoms with van der Waals surface area (Å²) < 4.78 is 92.7. The van der Waals surface area contributed by atoms with Crippen molar-refractivity contribution in [2.24, 2.45) is 0 Å². The van der Waals surface area contributed by atoms with Crippen molar-refractivity contribution in [3.63, 3.8) is 0 Å². The molecule has 302 valence electrons. The number of aryl methyl sites for hydroxylation is 2. The molecule has 0 saturated carbocycles. The van der Waals surface area contributed by atoms with E-state index >= 15 is 13.2 Å². The standard InChI is InChI=1S/C53H33F6N3/c1-31-9-7-11-34(23-31)36-17-21-47-42(27-36)39-13-3-5-15-45(39)61(47)49-25-33(30-60)26-50(51(49)41-20-19-38(52(54,55)56)29-44(41)53(57,58)59)62-46-16-6-4-14-40(46)43-28-37(18-22-48(43)62)35-12-8-10-32(2)24-35/h3-29H,1-2H3. The van der Waals surface area contributed by atoms with Crippen molar-refractivity contribution in [1.82, 2.24) is 9.13 Å². The van der Waals surface area contributed by atoms with E-state index in [4.69, 9.17) is 0 Å². The second kappa shape index (κ2) is 14.3. The number of hydrogen-bond donors (Lipinski definition) is 0. The van der Waals surface area contributed by atoms with Crippen molar-refractivity contribution in [3.8, 4) is 50.8 Å². The minimum atomic E-state index is -5.20. The van der Waals surface area contributed by atoms with Gasteiger partial charge >= 0.3 is 12.4 Å². The highest BCUT2D eigenvalue weighted by molar-refractivity contribution is 6.13. The molecule has 0 aliphatic rings. The van der Waals surface area contributed by atoms with Crippen LogP contribution in [0.2, 0.25) is 0 Å². The molecular weight excluding hydrogens is 793 g/mol. The van der Waals surface area contributed by atoms with Gasteiger partial charge in [0.15, 0.2) is 0 Å². The third-order valence-electron chi connectivity index (χ3n) is 11.7. The van der Waals surface area contributed by atoms with Gasteiger partial charge in [0.25, 0.3) is 0 Å². The number of benzene rings is 8. The first-order chi connectivity index (χ1) is 29.8. The Morgan fingerprint density at radius 1 is 0.435 bits per heavy atom. The van der Waals surface area contributed by atoms with E-state index in [2.05, 4.69) is 18.2 Å². The third kappa shape index (κ3) is 6.38. The Hall–Kier alpha value is -7.57. The van der Waals surface area contributed by atoms with E-state index < -0.39 is 29.0 Å². The van der Waals surface area contributed by atoms with E-state index in [0.717, 1.165) is 61.0 Å². The minimum Gasteiger partial charge on any atom is -0.308 e. The maximum Gasteiger partial charge on any atom is 0.417 e. The van der Waals surface area contributed by atoms with Gasteiger partial charge in [-0.1, -0.05) is 114 Å². The smallest absolute Gasteiger partial charge is 0.308 e. The average molecular weight is 826 g/mol. The van der Waals surface area contributed by atoms with Crippen molar-refractivity contribution in [2.75, 3.05) is 0 Å². The molecule has 3 nitrogen and oxygen atoms in total. The van der Waals surface area contributed by atoms with Crippen LogP contribution in [0.5, 0.6) is 0 Å². The normalized spacial score (nSPS) is 12.2. The SMILES string of the molecule is Cc1cccc(-c2ccc3c(c2)c2ccccc2n3-c2cc(C#N)cc(-n3c4ccccc4c4cc(-c5cccc(C)c5)ccc43)c2-c2ccc(C(F)(F)F)cc2C(F)(F)F)c1. The lowest BCUT2D eigenvalue weighted by molar-refractivity contribution is -0.142. The molecule has 0 aliphatic carbocycles. The first-order valence-electron chi connectivity index (χ1n) is 19.9. The lowest BCUT2D eigenvalue weighted by Crippen LogP contribution is -2.14. The molecule has 0 aliphatic heterocycles. The van der Waals surface area contributed by atoms with Crippen molar-refractivity contribution in [3.05, 3.63) is 192 Å². The highest BCUT2D eigenvalue weighted by Gasteiger charge is 2.40. The molecule has 2 aromatic heterocycles. The van der Waals surface area contributed by atoms with Gasteiger partial charge in [0, 0.05) is 27.1 Å². The Morgan fingerprint density at radius 3 is 1.35 bits per heavy atom. The molecule has 0 N–H and O–H groups in total. The molecule has 0 fully saturated rings. The molecule has 2 heterocycles. The molecule has 8 aromatic carbocycles. The van der Waals surface area contributed by atoms with Crippen LogP contribution in [0, 0.1) is 25.2 Å². The highest BCUT2D eigenvalue weighted by atomic mass is 19.4. The maximum absolute atomic E-state index is 15.4. The van der Waals surface area contributed by atoms with Gasteiger partial charge < -0.3 is 9.13 Å². The molecule has 10 aromatic rings. The summed E-state index contributed by atoms with van der Waals surface area (Å²) in [5.41, 5.74) is 5.69. The van der Waals surface area contributed by atoms with Crippen LogP contribution in [0.4, 0.5) is 26.3 Å². The Morgan fingerprint density at radius 2 is 0.903 bits per heavy atom. The number of fused-ring (bicyclic) bond motifs is 6. The minimum absolute atomic E-state index is 0.000812. The number of aromatic nitrogens is 2. The predicted molar refractivity (Wildman–Crippen MR) is 236 cm³/mol. The Labute approximate surface area is 351 Å². The van der Waals surface area contributed by atoms with Crippen LogP contribution in [-0.2, 0) is 12.4 Å². The van der Waals surface area contributed by atoms with E-state index in [1.807, 2.05) is 144 Å². The summed E-state index contributed by atoms with van der Waals surface area (Å²) in [6, 6.07) is 50.0. The maximum atomic E-state index is 15.4. The summed E-state index contributed by atoms with van der Waals surface area (Å²) in [6.45, 7) is 4.01. The summed E-state index contributed by atoms with van der Waals surface area (Å²) >= 11 is 0.